The van der Waals surface area contributed by atoms with Crippen LogP contribution in [0.2, 0.25) is 0 Å². The van der Waals surface area contributed by atoms with Gasteiger partial charge in [0.05, 0.1) is 0 Å². The third-order valence-corrected chi connectivity index (χ3v) is 3.45. The van der Waals surface area contributed by atoms with E-state index in [1.54, 1.807) is 4.90 Å². The second-order valence-electron chi connectivity index (χ2n) is 4.88. The van der Waals surface area contributed by atoms with Gasteiger partial charge in [-0.25, -0.2) is 0 Å². The zero-order valence-corrected chi connectivity index (χ0v) is 11.5. The first kappa shape index (κ1) is 13.6. The highest BCUT2D eigenvalue weighted by Crippen LogP contribution is 2.32. The van der Waals surface area contributed by atoms with Crippen molar-refractivity contribution in [2.45, 2.75) is 39.2 Å². The van der Waals surface area contributed by atoms with E-state index in [9.17, 15) is 9.59 Å². The lowest BCUT2D eigenvalue weighted by atomic mass is 10.1. The summed E-state index contributed by atoms with van der Waals surface area (Å²) in [4.78, 5) is 25.6. The minimum atomic E-state index is -0.397. The van der Waals surface area contributed by atoms with Crippen molar-refractivity contribution in [2.24, 2.45) is 0 Å². The number of hydrogen-bond donors (Lipinski definition) is 1. The van der Waals surface area contributed by atoms with Crippen molar-refractivity contribution in [1.29, 1.82) is 0 Å². The number of para-hydroxylation sites is 1. The van der Waals surface area contributed by atoms with Gasteiger partial charge in [0.25, 0.3) is 0 Å². The number of hydrogen-bond acceptors (Lipinski definition) is 2. The number of rotatable bonds is 4. The zero-order valence-electron chi connectivity index (χ0n) is 11.5. The summed E-state index contributed by atoms with van der Waals surface area (Å²) in [5, 5.41) is 2.91. The van der Waals surface area contributed by atoms with Gasteiger partial charge in [-0.1, -0.05) is 31.5 Å². The first-order valence-corrected chi connectivity index (χ1v) is 6.80. The van der Waals surface area contributed by atoms with E-state index in [0.29, 0.717) is 13.0 Å². The Kier molecular flexibility index (Phi) is 4.20. The summed E-state index contributed by atoms with van der Waals surface area (Å²) >= 11 is 0. The van der Waals surface area contributed by atoms with Crippen LogP contribution in [0.15, 0.2) is 24.3 Å². The molecule has 1 aliphatic rings. The molecule has 0 fully saturated rings. The summed E-state index contributed by atoms with van der Waals surface area (Å²) in [5.41, 5.74) is 1.93. The Labute approximate surface area is 113 Å². The maximum atomic E-state index is 12.2. The fraction of sp³-hybridized carbons (Fsp3) is 0.467. The standard InChI is InChI=1S/C15H20N2O2/c1-3-4-9-16-15(19)14-10-12-7-5-6-8-13(12)17(14)11(2)18/h5-8,14H,3-4,9-10H2,1-2H3,(H,16,19). The molecule has 4 nitrogen and oxygen atoms in total. The van der Waals surface area contributed by atoms with Crippen LogP contribution >= 0.6 is 0 Å². The molecule has 0 saturated carbocycles. The van der Waals surface area contributed by atoms with Gasteiger partial charge in [0.2, 0.25) is 11.8 Å². The number of nitrogens with zero attached hydrogens (tertiary/aromatic N) is 1. The summed E-state index contributed by atoms with van der Waals surface area (Å²) in [5.74, 6) is -0.138. The minimum absolute atomic E-state index is 0.0557. The van der Waals surface area contributed by atoms with E-state index < -0.39 is 6.04 Å². The second-order valence-corrected chi connectivity index (χ2v) is 4.88. The maximum absolute atomic E-state index is 12.2. The quantitative estimate of drug-likeness (QED) is 0.840. The summed E-state index contributed by atoms with van der Waals surface area (Å²) in [6.45, 7) is 4.27. The topological polar surface area (TPSA) is 49.4 Å². The van der Waals surface area contributed by atoms with E-state index in [2.05, 4.69) is 12.2 Å². The highest BCUT2D eigenvalue weighted by molar-refractivity contribution is 6.02. The molecule has 0 saturated heterocycles. The average molecular weight is 260 g/mol. The second kappa shape index (κ2) is 5.87. The summed E-state index contributed by atoms with van der Waals surface area (Å²) in [7, 11) is 0. The van der Waals surface area contributed by atoms with Crippen LogP contribution in [0.25, 0.3) is 0 Å². The molecule has 4 heteroatoms. The van der Waals surface area contributed by atoms with Crippen LogP contribution < -0.4 is 10.2 Å². The fourth-order valence-corrected chi connectivity index (χ4v) is 2.49. The van der Waals surface area contributed by atoms with E-state index in [1.807, 2.05) is 24.3 Å². The van der Waals surface area contributed by atoms with Crippen molar-refractivity contribution in [3.05, 3.63) is 29.8 Å². The summed E-state index contributed by atoms with van der Waals surface area (Å²) in [6, 6.07) is 7.31. The van der Waals surface area contributed by atoms with Crippen molar-refractivity contribution in [2.75, 3.05) is 11.4 Å². The van der Waals surface area contributed by atoms with Crippen molar-refractivity contribution in [3.8, 4) is 0 Å². The van der Waals surface area contributed by atoms with Gasteiger partial charge in [0.15, 0.2) is 0 Å². The molecule has 0 spiro atoms. The third-order valence-electron chi connectivity index (χ3n) is 3.45. The SMILES string of the molecule is CCCCNC(=O)C1Cc2ccccc2N1C(C)=O. The van der Waals surface area contributed by atoms with Gasteiger partial charge in [0.1, 0.15) is 6.04 Å². The Balaban J connectivity index is 2.14. The number of benzene rings is 1. The molecule has 102 valence electrons. The Morgan fingerprint density at radius 2 is 2.11 bits per heavy atom. The summed E-state index contributed by atoms with van der Waals surface area (Å²) < 4.78 is 0. The van der Waals surface area contributed by atoms with Crippen LogP contribution in [0.1, 0.15) is 32.3 Å². The van der Waals surface area contributed by atoms with Gasteiger partial charge < -0.3 is 5.32 Å². The maximum Gasteiger partial charge on any atom is 0.243 e. The Hall–Kier alpha value is -1.84. The molecule has 1 N–H and O–H groups in total. The third kappa shape index (κ3) is 2.78. The molecule has 1 aromatic carbocycles. The molecular formula is C15H20N2O2. The number of nitrogens with one attached hydrogen (secondary N) is 1. The number of carbonyl (C=O) groups excluding carboxylic acids is 2. The lowest BCUT2D eigenvalue weighted by molar-refractivity contribution is -0.125. The predicted octanol–water partition coefficient (Wildman–Crippen LogP) is 1.88. The van der Waals surface area contributed by atoms with Crippen LogP contribution in [0.5, 0.6) is 0 Å². The molecule has 0 aromatic heterocycles. The highest BCUT2D eigenvalue weighted by Gasteiger charge is 2.36. The number of unbranched alkanes of at least 4 members (excludes halogenated alkanes) is 1. The Bertz CT molecular complexity index is 485. The van der Waals surface area contributed by atoms with Gasteiger partial charge in [-0.2, -0.15) is 0 Å². The van der Waals surface area contributed by atoms with Gasteiger partial charge >= 0.3 is 0 Å². The first-order chi connectivity index (χ1) is 9.15. The number of anilines is 1. The van der Waals surface area contributed by atoms with Gasteiger partial charge in [0, 0.05) is 25.6 Å². The monoisotopic (exact) mass is 260 g/mol. The van der Waals surface area contributed by atoms with E-state index in [-0.39, 0.29) is 11.8 Å². The van der Waals surface area contributed by atoms with E-state index in [4.69, 9.17) is 0 Å². The van der Waals surface area contributed by atoms with Crippen molar-refractivity contribution in [3.63, 3.8) is 0 Å². The molecular weight excluding hydrogens is 240 g/mol. The molecule has 2 rings (SSSR count). The molecule has 0 bridgehead atoms. The Morgan fingerprint density at radius 1 is 1.37 bits per heavy atom. The first-order valence-electron chi connectivity index (χ1n) is 6.80. The van der Waals surface area contributed by atoms with Gasteiger partial charge in [-0.15, -0.1) is 0 Å². The van der Waals surface area contributed by atoms with E-state index in [1.165, 1.54) is 6.92 Å². The van der Waals surface area contributed by atoms with Crippen molar-refractivity contribution < 1.29 is 9.59 Å². The van der Waals surface area contributed by atoms with Crippen molar-refractivity contribution >= 4 is 17.5 Å². The van der Waals surface area contributed by atoms with Crippen LogP contribution in [-0.2, 0) is 16.0 Å². The predicted molar refractivity (Wildman–Crippen MR) is 75.0 cm³/mol. The fourth-order valence-electron chi connectivity index (χ4n) is 2.49. The molecule has 0 radical (unpaired) electrons. The number of fused-ring (bicyclic) bond motifs is 1. The Morgan fingerprint density at radius 3 is 2.79 bits per heavy atom. The molecule has 1 aliphatic heterocycles. The lowest BCUT2D eigenvalue weighted by Gasteiger charge is -2.23. The van der Waals surface area contributed by atoms with Crippen LogP contribution in [0.3, 0.4) is 0 Å². The molecule has 1 atom stereocenters. The number of carbonyl (C=O) groups is 2. The molecule has 19 heavy (non-hydrogen) atoms. The van der Waals surface area contributed by atoms with Crippen molar-refractivity contribution in [1.82, 2.24) is 5.32 Å². The molecule has 1 aromatic rings. The molecule has 1 unspecified atom stereocenters. The minimum Gasteiger partial charge on any atom is -0.354 e. The molecule has 0 aliphatic carbocycles. The highest BCUT2D eigenvalue weighted by atomic mass is 16.2. The lowest BCUT2D eigenvalue weighted by Crippen LogP contribution is -2.47. The smallest absolute Gasteiger partial charge is 0.243 e. The van der Waals surface area contributed by atoms with Crippen LogP contribution in [0, 0.1) is 0 Å². The molecule has 2 amide bonds. The van der Waals surface area contributed by atoms with Crippen LogP contribution in [-0.4, -0.2) is 24.4 Å². The van der Waals surface area contributed by atoms with Gasteiger partial charge in [-0.3, -0.25) is 14.5 Å². The summed E-state index contributed by atoms with van der Waals surface area (Å²) in [6.07, 6.45) is 2.61. The zero-order chi connectivity index (χ0) is 13.8. The van der Waals surface area contributed by atoms with E-state index >= 15 is 0 Å². The average Bonchev–Trinajstić information content (AvgIpc) is 2.78. The number of amides is 2. The van der Waals surface area contributed by atoms with Crippen LogP contribution in [0.4, 0.5) is 5.69 Å². The molecule has 1 heterocycles. The van der Waals surface area contributed by atoms with Gasteiger partial charge in [-0.05, 0) is 18.1 Å². The van der Waals surface area contributed by atoms with E-state index in [0.717, 1.165) is 24.1 Å². The normalized spacial score (nSPS) is 17.2. The largest absolute Gasteiger partial charge is 0.354 e.